The van der Waals surface area contributed by atoms with Crippen molar-refractivity contribution in [1.29, 1.82) is 0 Å². The molecule has 5 nitrogen and oxygen atoms in total. The average Bonchev–Trinajstić information content (AvgIpc) is 2.75. The van der Waals surface area contributed by atoms with E-state index < -0.39 is 23.9 Å². The molecule has 1 aromatic carbocycles. The molecule has 1 fully saturated rings. The molecule has 0 bridgehead atoms. The van der Waals surface area contributed by atoms with Crippen molar-refractivity contribution in [3.63, 3.8) is 0 Å². The number of benzene rings is 1. The van der Waals surface area contributed by atoms with Gasteiger partial charge in [-0.15, -0.1) is 0 Å². The Bertz CT molecular complexity index is 474. The van der Waals surface area contributed by atoms with Gasteiger partial charge in [0.25, 0.3) is 5.91 Å². The van der Waals surface area contributed by atoms with Crippen LogP contribution in [0.5, 0.6) is 0 Å². The Hall–Kier alpha value is -1.88. The number of rotatable bonds is 3. The topological polar surface area (TPSA) is 66.8 Å². The predicted molar refractivity (Wildman–Crippen MR) is 68.1 cm³/mol. The Kier molecular flexibility index (Phi) is 3.85. The predicted octanol–water partition coefficient (Wildman–Crippen LogP) is 0.740. The number of likely N-dealkylation sites (tertiary alicyclic amines) is 1. The number of aliphatic hydroxyl groups is 1. The largest absolute Gasteiger partial charge is 0.469 e. The third kappa shape index (κ3) is 2.46. The molecule has 2 rings (SSSR count). The van der Waals surface area contributed by atoms with Gasteiger partial charge >= 0.3 is 5.97 Å². The number of methoxy groups -OCH3 is 1. The lowest BCUT2D eigenvalue weighted by atomic mass is 10.1. The van der Waals surface area contributed by atoms with Crippen LogP contribution in [-0.2, 0) is 14.3 Å². The van der Waals surface area contributed by atoms with Crippen LogP contribution < -0.4 is 0 Å². The third-order valence-corrected chi connectivity index (χ3v) is 3.56. The minimum Gasteiger partial charge on any atom is -0.469 e. The Labute approximate surface area is 111 Å². The summed E-state index contributed by atoms with van der Waals surface area (Å²) in [6.45, 7) is 2.06. The van der Waals surface area contributed by atoms with Crippen molar-refractivity contribution in [2.75, 3.05) is 13.7 Å². The third-order valence-electron chi connectivity index (χ3n) is 3.56. The van der Waals surface area contributed by atoms with Gasteiger partial charge in [0.15, 0.2) is 0 Å². The fourth-order valence-corrected chi connectivity index (χ4v) is 2.36. The van der Waals surface area contributed by atoms with Gasteiger partial charge in [-0.3, -0.25) is 9.59 Å². The molecule has 1 amide bonds. The molecule has 0 unspecified atom stereocenters. The van der Waals surface area contributed by atoms with Gasteiger partial charge in [-0.05, 0) is 12.5 Å². The first kappa shape index (κ1) is 13.5. The van der Waals surface area contributed by atoms with Gasteiger partial charge in [0.2, 0.25) is 0 Å². The lowest BCUT2D eigenvalue weighted by molar-refractivity contribution is -0.150. The van der Waals surface area contributed by atoms with E-state index in [-0.39, 0.29) is 12.6 Å². The van der Waals surface area contributed by atoms with Gasteiger partial charge in [0.05, 0.1) is 13.2 Å². The van der Waals surface area contributed by atoms with Gasteiger partial charge in [0, 0.05) is 6.54 Å². The maximum absolute atomic E-state index is 12.0. The molecule has 0 saturated carbocycles. The van der Waals surface area contributed by atoms with Crippen molar-refractivity contribution in [2.45, 2.75) is 19.1 Å². The minimum absolute atomic E-state index is 0.182. The second-order valence-corrected chi connectivity index (χ2v) is 4.65. The van der Waals surface area contributed by atoms with Crippen LogP contribution in [0.15, 0.2) is 30.3 Å². The molecular weight excluding hydrogens is 246 g/mol. The van der Waals surface area contributed by atoms with Crippen LogP contribution in [0.2, 0.25) is 0 Å². The SMILES string of the molecule is COC(=O)[C@@H]1CN([C@@H](C)c2ccccc2)C(=O)[C@H]1O. The average molecular weight is 263 g/mol. The molecule has 1 heterocycles. The number of ether oxygens (including phenoxy) is 1. The van der Waals surface area contributed by atoms with Crippen molar-refractivity contribution >= 4 is 11.9 Å². The van der Waals surface area contributed by atoms with Crippen molar-refractivity contribution in [3.05, 3.63) is 35.9 Å². The molecule has 0 spiro atoms. The second kappa shape index (κ2) is 5.40. The van der Waals surface area contributed by atoms with E-state index in [1.54, 1.807) is 0 Å². The Balaban J connectivity index is 2.18. The van der Waals surface area contributed by atoms with Crippen LogP contribution in [0.4, 0.5) is 0 Å². The second-order valence-electron chi connectivity index (χ2n) is 4.65. The molecule has 1 aliphatic rings. The van der Waals surface area contributed by atoms with Crippen molar-refractivity contribution in [2.24, 2.45) is 5.92 Å². The number of carbonyl (C=O) groups is 2. The molecule has 3 atom stereocenters. The molecule has 102 valence electrons. The number of nitrogens with zero attached hydrogens (tertiary/aromatic N) is 1. The van der Waals surface area contributed by atoms with Crippen LogP contribution in [0.3, 0.4) is 0 Å². The molecule has 5 heteroatoms. The van der Waals surface area contributed by atoms with Gasteiger partial charge in [0.1, 0.15) is 12.0 Å². The summed E-state index contributed by atoms with van der Waals surface area (Å²) in [6.07, 6.45) is -1.31. The minimum atomic E-state index is -1.31. The van der Waals surface area contributed by atoms with Crippen LogP contribution in [0.1, 0.15) is 18.5 Å². The van der Waals surface area contributed by atoms with Crippen molar-refractivity contribution in [3.8, 4) is 0 Å². The Morgan fingerprint density at radius 2 is 2.05 bits per heavy atom. The highest BCUT2D eigenvalue weighted by Gasteiger charge is 2.45. The van der Waals surface area contributed by atoms with E-state index in [9.17, 15) is 14.7 Å². The molecule has 1 saturated heterocycles. The molecule has 0 aromatic heterocycles. The zero-order valence-corrected chi connectivity index (χ0v) is 10.9. The van der Waals surface area contributed by atoms with E-state index in [4.69, 9.17) is 0 Å². The maximum atomic E-state index is 12.0. The first-order chi connectivity index (χ1) is 9.06. The number of amides is 1. The molecule has 1 N–H and O–H groups in total. The summed E-state index contributed by atoms with van der Waals surface area (Å²) in [7, 11) is 1.25. The highest BCUT2D eigenvalue weighted by Crippen LogP contribution is 2.29. The number of aliphatic hydroxyl groups excluding tert-OH is 1. The molecule has 19 heavy (non-hydrogen) atoms. The van der Waals surface area contributed by atoms with Gasteiger partial charge < -0.3 is 14.7 Å². The summed E-state index contributed by atoms with van der Waals surface area (Å²) in [5.41, 5.74) is 0.966. The number of esters is 1. The number of hydrogen-bond acceptors (Lipinski definition) is 4. The quantitative estimate of drug-likeness (QED) is 0.817. The maximum Gasteiger partial charge on any atom is 0.313 e. The van der Waals surface area contributed by atoms with Crippen molar-refractivity contribution in [1.82, 2.24) is 4.90 Å². The van der Waals surface area contributed by atoms with E-state index in [1.807, 2.05) is 37.3 Å². The summed E-state index contributed by atoms with van der Waals surface area (Å²) in [6, 6.07) is 9.32. The fraction of sp³-hybridized carbons (Fsp3) is 0.429. The lowest BCUT2D eigenvalue weighted by Crippen LogP contribution is -2.32. The molecular formula is C14H17NO4. The Morgan fingerprint density at radius 3 is 2.63 bits per heavy atom. The van der Waals surface area contributed by atoms with Crippen LogP contribution in [0.25, 0.3) is 0 Å². The molecule has 0 aliphatic carbocycles. The van der Waals surface area contributed by atoms with Crippen LogP contribution >= 0.6 is 0 Å². The van der Waals surface area contributed by atoms with E-state index in [2.05, 4.69) is 4.74 Å². The normalized spacial score (nSPS) is 24.4. The zero-order valence-electron chi connectivity index (χ0n) is 10.9. The molecule has 0 radical (unpaired) electrons. The number of hydrogen-bond donors (Lipinski definition) is 1. The summed E-state index contributed by atoms with van der Waals surface area (Å²) in [5.74, 6) is -1.78. The standard InChI is InChI=1S/C14H17NO4/c1-9(10-6-4-3-5-7-10)15-8-11(14(18)19-2)12(16)13(15)17/h3-7,9,11-12,16H,8H2,1-2H3/t9-,11+,12-/m0/s1. The van der Waals surface area contributed by atoms with E-state index in [0.717, 1.165) is 5.56 Å². The van der Waals surface area contributed by atoms with Gasteiger partial charge in [-0.2, -0.15) is 0 Å². The molecule has 1 aromatic rings. The summed E-state index contributed by atoms with van der Waals surface area (Å²) in [4.78, 5) is 25.0. The van der Waals surface area contributed by atoms with Crippen molar-refractivity contribution < 1.29 is 19.4 Å². The first-order valence-corrected chi connectivity index (χ1v) is 6.17. The Morgan fingerprint density at radius 1 is 1.42 bits per heavy atom. The summed E-state index contributed by atoms with van der Waals surface area (Å²) < 4.78 is 4.61. The van der Waals surface area contributed by atoms with Crippen LogP contribution in [-0.4, -0.2) is 41.6 Å². The smallest absolute Gasteiger partial charge is 0.313 e. The zero-order chi connectivity index (χ0) is 14.0. The van der Waals surface area contributed by atoms with Crippen LogP contribution in [0, 0.1) is 5.92 Å². The van der Waals surface area contributed by atoms with E-state index >= 15 is 0 Å². The monoisotopic (exact) mass is 263 g/mol. The van der Waals surface area contributed by atoms with Gasteiger partial charge in [-0.1, -0.05) is 30.3 Å². The van der Waals surface area contributed by atoms with E-state index in [1.165, 1.54) is 12.0 Å². The summed E-state index contributed by atoms with van der Waals surface area (Å²) in [5, 5.41) is 9.83. The lowest BCUT2D eigenvalue weighted by Gasteiger charge is -2.24. The first-order valence-electron chi connectivity index (χ1n) is 6.17. The fourth-order valence-electron chi connectivity index (χ4n) is 2.36. The van der Waals surface area contributed by atoms with E-state index in [0.29, 0.717) is 0 Å². The highest BCUT2D eigenvalue weighted by atomic mass is 16.5. The van der Waals surface area contributed by atoms with Gasteiger partial charge in [-0.25, -0.2) is 0 Å². The number of carbonyl (C=O) groups excluding carboxylic acids is 2. The molecule has 1 aliphatic heterocycles. The highest BCUT2D eigenvalue weighted by molar-refractivity contribution is 5.91. The summed E-state index contributed by atoms with van der Waals surface area (Å²) >= 11 is 0.